The predicted octanol–water partition coefficient (Wildman–Crippen LogP) is 2.66. The van der Waals surface area contributed by atoms with Crippen LogP contribution in [0.2, 0.25) is 0 Å². The molecule has 1 aliphatic rings. The first kappa shape index (κ1) is 11.0. The van der Waals surface area contributed by atoms with Crippen molar-refractivity contribution in [2.45, 2.75) is 46.6 Å². The van der Waals surface area contributed by atoms with Crippen LogP contribution >= 0.6 is 0 Å². The van der Waals surface area contributed by atoms with Crippen LogP contribution in [-0.4, -0.2) is 30.7 Å². The summed E-state index contributed by atoms with van der Waals surface area (Å²) in [5.41, 5.74) is 0. The molecule has 11 heavy (non-hydrogen) atoms. The molecule has 1 heterocycles. The Bertz CT molecular complexity index is 91.0. The van der Waals surface area contributed by atoms with Gasteiger partial charge in [-0.25, -0.2) is 0 Å². The summed E-state index contributed by atoms with van der Waals surface area (Å²) in [7, 11) is 2.37. The molecule has 0 atom stereocenters. The number of quaternary nitrogens is 1. The standard InChI is InChI=1S/C8H18N.C2H6/c1-8(2)9(3)6-4-5-7-9;1-2/h8H,4-7H2,1-3H3;1-2H3/q+1;. The van der Waals surface area contributed by atoms with Crippen LogP contribution in [0, 0.1) is 0 Å². The Balaban J connectivity index is 0.000000461. The lowest BCUT2D eigenvalue weighted by molar-refractivity contribution is -0.918. The molecule has 0 aromatic carbocycles. The van der Waals surface area contributed by atoms with Crippen molar-refractivity contribution >= 4 is 0 Å². The molecular weight excluding hydrogens is 134 g/mol. The van der Waals surface area contributed by atoms with E-state index in [9.17, 15) is 0 Å². The van der Waals surface area contributed by atoms with Crippen LogP contribution in [0.4, 0.5) is 0 Å². The Morgan fingerprint density at radius 1 is 1.00 bits per heavy atom. The van der Waals surface area contributed by atoms with Crippen LogP contribution in [0.5, 0.6) is 0 Å². The summed E-state index contributed by atoms with van der Waals surface area (Å²) in [6.45, 7) is 11.5. The average Bonchev–Trinajstić information content (AvgIpc) is 2.42. The van der Waals surface area contributed by atoms with Crippen molar-refractivity contribution in [3.05, 3.63) is 0 Å². The smallest absolute Gasteiger partial charge is 0.0831 e. The van der Waals surface area contributed by atoms with E-state index < -0.39 is 0 Å². The summed E-state index contributed by atoms with van der Waals surface area (Å²) >= 11 is 0. The van der Waals surface area contributed by atoms with Crippen LogP contribution in [-0.2, 0) is 0 Å². The van der Waals surface area contributed by atoms with Crippen molar-refractivity contribution < 1.29 is 4.48 Å². The fourth-order valence-electron chi connectivity index (χ4n) is 1.57. The maximum Gasteiger partial charge on any atom is 0.0831 e. The van der Waals surface area contributed by atoms with E-state index in [1.54, 1.807) is 0 Å². The zero-order chi connectivity index (χ0) is 8.91. The molecule has 1 aliphatic heterocycles. The van der Waals surface area contributed by atoms with E-state index >= 15 is 0 Å². The second-order valence-electron chi connectivity index (χ2n) is 3.73. The van der Waals surface area contributed by atoms with Crippen molar-refractivity contribution in [3.8, 4) is 0 Å². The van der Waals surface area contributed by atoms with Gasteiger partial charge in [-0.3, -0.25) is 0 Å². The van der Waals surface area contributed by atoms with E-state index in [0.717, 1.165) is 6.04 Å². The highest BCUT2D eigenvalue weighted by Gasteiger charge is 2.29. The molecule has 0 spiro atoms. The van der Waals surface area contributed by atoms with Gasteiger partial charge in [0.25, 0.3) is 0 Å². The fraction of sp³-hybridized carbons (Fsp3) is 1.00. The minimum absolute atomic E-state index is 0.826. The SMILES string of the molecule is CC.CC(C)[N+]1(C)CCCC1. The highest BCUT2D eigenvalue weighted by Crippen LogP contribution is 2.19. The molecule has 0 aromatic heterocycles. The van der Waals surface area contributed by atoms with E-state index in [4.69, 9.17) is 0 Å². The van der Waals surface area contributed by atoms with E-state index in [1.807, 2.05) is 13.8 Å². The van der Waals surface area contributed by atoms with E-state index in [1.165, 1.54) is 30.4 Å². The largest absolute Gasteiger partial charge is 0.324 e. The number of hydrogen-bond donors (Lipinski definition) is 0. The van der Waals surface area contributed by atoms with Crippen LogP contribution < -0.4 is 0 Å². The van der Waals surface area contributed by atoms with Gasteiger partial charge in [0, 0.05) is 12.8 Å². The van der Waals surface area contributed by atoms with Crippen LogP contribution in [0.15, 0.2) is 0 Å². The van der Waals surface area contributed by atoms with Crippen molar-refractivity contribution in [2.24, 2.45) is 0 Å². The third-order valence-electron chi connectivity index (χ3n) is 2.83. The Hall–Kier alpha value is -0.0400. The predicted molar refractivity (Wildman–Crippen MR) is 51.6 cm³/mol. The molecule has 0 unspecified atom stereocenters. The molecule has 68 valence electrons. The second-order valence-corrected chi connectivity index (χ2v) is 3.73. The third-order valence-corrected chi connectivity index (χ3v) is 2.83. The van der Waals surface area contributed by atoms with Gasteiger partial charge < -0.3 is 4.48 Å². The topological polar surface area (TPSA) is 0 Å². The Labute approximate surface area is 72.0 Å². The molecule has 0 saturated carbocycles. The summed E-state index contributed by atoms with van der Waals surface area (Å²) in [6.07, 6.45) is 2.88. The quantitative estimate of drug-likeness (QED) is 0.515. The molecule has 0 aliphatic carbocycles. The lowest BCUT2D eigenvalue weighted by atomic mass is 10.3. The third kappa shape index (κ3) is 2.82. The molecule has 1 saturated heterocycles. The van der Waals surface area contributed by atoms with Gasteiger partial charge in [0.1, 0.15) is 0 Å². The van der Waals surface area contributed by atoms with Gasteiger partial charge >= 0.3 is 0 Å². The zero-order valence-electron chi connectivity index (χ0n) is 8.85. The monoisotopic (exact) mass is 158 g/mol. The summed E-state index contributed by atoms with van der Waals surface area (Å²) in [5.74, 6) is 0. The van der Waals surface area contributed by atoms with E-state index in [2.05, 4.69) is 20.9 Å². The van der Waals surface area contributed by atoms with E-state index in [0.29, 0.717) is 0 Å². The molecule has 1 rings (SSSR count). The van der Waals surface area contributed by atoms with E-state index in [-0.39, 0.29) is 0 Å². The van der Waals surface area contributed by atoms with Crippen molar-refractivity contribution in [1.82, 2.24) is 0 Å². The molecule has 0 amide bonds. The van der Waals surface area contributed by atoms with Gasteiger partial charge in [0.05, 0.1) is 26.2 Å². The Kier molecular flexibility index (Phi) is 4.74. The van der Waals surface area contributed by atoms with Gasteiger partial charge in [-0.1, -0.05) is 13.8 Å². The number of rotatable bonds is 1. The lowest BCUT2D eigenvalue weighted by Crippen LogP contribution is -2.46. The maximum atomic E-state index is 2.37. The molecule has 1 fully saturated rings. The maximum absolute atomic E-state index is 2.37. The molecular formula is C10H24N+. The number of nitrogens with zero attached hydrogens (tertiary/aromatic N) is 1. The minimum Gasteiger partial charge on any atom is -0.324 e. The van der Waals surface area contributed by atoms with Crippen molar-refractivity contribution in [1.29, 1.82) is 0 Å². The van der Waals surface area contributed by atoms with Gasteiger partial charge in [-0.2, -0.15) is 0 Å². The zero-order valence-corrected chi connectivity index (χ0v) is 8.85. The summed E-state index contributed by atoms with van der Waals surface area (Å²) < 4.78 is 1.31. The minimum atomic E-state index is 0.826. The summed E-state index contributed by atoms with van der Waals surface area (Å²) in [4.78, 5) is 0. The number of hydrogen-bond acceptors (Lipinski definition) is 0. The van der Waals surface area contributed by atoms with Gasteiger partial charge in [-0.05, 0) is 13.8 Å². The molecule has 0 radical (unpaired) electrons. The molecule has 1 nitrogen and oxygen atoms in total. The van der Waals surface area contributed by atoms with Crippen LogP contribution in [0.25, 0.3) is 0 Å². The Morgan fingerprint density at radius 2 is 1.36 bits per heavy atom. The summed E-state index contributed by atoms with van der Waals surface area (Å²) in [5, 5.41) is 0. The Morgan fingerprint density at radius 3 is 1.55 bits per heavy atom. The lowest BCUT2D eigenvalue weighted by Gasteiger charge is -2.33. The second kappa shape index (κ2) is 4.76. The fourth-order valence-corrected chi connectivity index (χ4v) is 1.57. The van der Waals surface area contributed by atoms with Crippen LogP contribution in [0.1, 0.15) is 40.5 Å². The van der Waals surface area contributed by atoms with Crippen molar-refractivity contribution in [3.63, 3.8) is 0 Å². The molecule has 0 N–H and O–H groups in total. The summed E-state index contributed by atoms with van der Waals surface area (Å²) in [6, 6.07) is 0.826. The molecule has 0 bridgehead atoms. The van der Waals surface area contributed by atoms with Crippen molar-refractivity contribution in [2.75, 3.05) is 20.1 Å². The van der Waals surface area contributed by atoms with Gasteiger partial charge in [0.15, 0.2) is 0 Å². The first-order chi connectivity index (χ1) is 5.15. The molecule has 0 aromatic rings. The average molecular weight is 158 g/mol. The van der Waals surface area contributed by atoms with Gasteiger partial charge in [-0.15, -0.1) is 0 Å². The first-order valence-corrected chi connectivity index (χ1v) is 4.99. The first-order valence-electron chi connectivity index (χ1n) is 4.99. The van der Waals surface area contributed by atoms with Crippen LogP contribution in [0.3, 0.4) is 0 Å². The molecule has 1 heteroatoms. The normalized spacial score (nSPS) is 21.3. The van der Waals surface area contributed by atoms with Gasteiger partial charge in [0.2, 0.25) is 0 Å². The number of likely N-dealkylation sites (tertiary alicyclic amines) is 1. The highest BCUT2D eigenvalue weighted by atomic mass is 15.4. The highest BCUT2D eigenvalue weighted by molar-refractivity contribution is 4.54.